The average Bonchev–Trinajstić information content (AvgIpc) is 3.38. The van der Waals surface area contributed by atoms with E-state index < -0.39 is 0 Å². The van der Waals surface area contributed by atoms with Crippen LogP contribution in [0.4, 0.5) is 10.8 Å². The number of aliphatic hydroxyl groups is 1. The standard InChI is InChI=1S/C24H27N3O2S/c25-24-27-21(15-30-24)14-22(28)26-20-10-7-16(8-11-20)12-17-6-9-19(13-17)23(29)18-4-2-1-3-5-18/h1-5,7-8,10-11,15,17,19,23,29H,6,9,12-14H2,(H2,25,27)(H,26,28)/t17?,19-,23+/m0/s1. The molecule has 30 heavy (non-hydrogen) atoms. The Morgan fingerprint density at radius 1 is 1.17 bits per heavy atom. The second kappa shape index (κ2) is 9.41. The summed E-state index contributed by atoms with van der Waals surface area (Å²) in [5.41, 5.74) is 9.37. The third-order valence-electron chi connectivity index (χ3n) is 5.84. The molecule has 1 unspecified atom stereocenters. The van der Waals surface area contributed by atoms with Gasteiger partial charge in [0.25, 0.3) is 0 Å². The Bertz CT molecular complexity index is 972. The molecule has 1 fully saturated rings. The van der Waals surface area contributed by atoms with Crippen molar-refractivity contribution < 1.29 is 9.90 Å². The summed E-state index contributed by atoms with van der Waals surface area (Å²) in [6.07, 6.45) is 4.11. The number of aromatic nitrogens is 1. The van der Waals surface area contributed by atoms with Gasteiger partial charge < -0.3 is 16.2 Å². The highest BCUT2D eigenvalue weighted by Crippen LogP contribution is 2.40. The fourth-order valence-electron chi connectivity index (χ4n) is 4.34. The molecule has 3 atom stereocenters. The lowest BCUT2D eigenvalue weighted by Gasteiger charge is -2.19. The zero-order valence-corrected chi connectivity index (χ0v) is 17.6. The van der Waals surface area contributed by atoms with Crippen LogP contribution in [-0.2, 0) is 17.6 Å². The second-order valence-electron chi connectivity index (χ2n) is 8.10. The molecule has 6 heteroatoms. The predicted octanol–water partition coefficient (Wildman–Crippen LogP) is 4.60. The van der Waals surface area contributed by atoms with Crippen molar-refractivity contribution in [2.24, 2.45) is 11.8 Å². The number of amides is 1. The summed E-state index contributed by atoms with van der Waals surface area (Å²) in [7, 11) is 0. The van der Waals surface area contributed by atoms with Crippen molar-refractivity contribution in [2.75, 3.05) is 11.1 Å². The first-order valence-corrected chi connectivity index (χ1v) is 11.3. The predicted molar refractivity (Wildman–Crippen MR) is 121 cm³/mol. The fraction of sp³-hybridized carbons (Fsp3) is 0.333. The van der Waals surface area contributed by atoms with Crippen LogP contribution in [0.2, 0.25) is 0 Å². The van der Waals surface area contributed by atoms with Crippen LogP contribution in [0, 0.1) is 11.8 Å². The van der Waals surface area contributed by atoms with Gasteiger partial charge in [0, 0.05) is 11.1 Å². The molecular formula is C24H27N3O2S. The van der Waals surface area contributed by atoms with Crippen LogP contribution in [-0.4, -0.2) is 16.0 Å². The highest BCUT2D eigenvalue weighted by Gasteiger charge is 2.30. The Morgan fingerprint density at radius 3 is 2.63 bits per heavy atom. The first-order chi connectivity index (χ1) is 14.6. The number of carbonyl (C=O) groups is 1. The van der Waals surface area contributed by atoms with Crippen molar-refractivity contribution in [3.05, 3.63) is 76.8 Å². The van der Waals surface area contributed by atoms with Crippen LogP contribution in [0.1, 0.15) is 42.2 Å². The summed E-state index contributed by atoms with van der Waals surface area (Å²) in [6.45, 7) is 0. The van der Waals surface area contributed by atoms with Crippen LogP contribution in [0.25, 0.3) is 0 Å². The molecule has 2 aromatic carbocycles. The number of nitrogens with zero attached hydrogens (tertiary/aromatic N) is 1. The lowest BCUT2D eigenvalue weighted by Crippen LogP contribution is -2.14. The molecule has 1 saturated carbocycles. The molecule has 0 aliphatic heterocycles. The Balaban J connectivity index is 1.27. The molecular weight excluding hydrogens is 394 g/mol. The number of hydrogen-bond donors (Lipinski definition) is 3. The average molecular weight is 422 g/mol. The van der Waals surface area contributed by atoms with Crippen LogP contribution < -0.4 is 11.1 Å². The molecule has 1 aromatic heterocycles. The molecule has 1 aliphatic carbocycles. The topological polar surface area (TPSA) is 88.2 Å². The van der Waals surface area contributed by atoms with Crippen molar-refractivity contribution in [3.8, 4) is 0 Å². The third kappa shape index (κ3) is 5.26. The lowest BCUT2D eigenvalue weighted by atomic mass is 9.91. The SMILES string of the molecule is Nc1nc(CC(=O)Nc2ccc(CC3CC[C@H]([C@H](O)c4ccccc4)C3)cc2)cs1. The molecule has 0 bridgehead atoms. The normalized spacial score (nSPS) is 19.5. The summed E-state index contributed by atoms with van der Waals surface area (Å²) in [5, 5.41) is 15.9. The molecule has 0 spiro atoms. The molecule has 1 aliphatic rings. The quantitative estimate of drug-likeness (QED) is 0.520. The fourth-order valence-corrected chi connectivity index (χ4v) is 4.90. The molecule has 156 valence electrons. The van der Waals surface area contributed by atoms with E-state index in [0.29, 0.717) is 22.7 Å². The third-order valence-corrected chi connectivity index (χ3v) is 6.57. The van der Waals surface area contributed by atoms with Gasteiger partial charge in [-0.2, -0.15) is 0 Å². The first kappa shape index (κ1) is 20.6. The van der Waals surface area contributed by atoms with Crippen LogP contribution >= 0.6 is 11.3 Å². The van der Waals surface area contributed by atoms with Gasteiger partial charge in [0.1, 0.15) is 0 Å². The number of carbonyl (C=O) groups excluding carboxylic acids is 1. The van der Waals surface area contributed by atoms with E-state index in [1.54, 1.807) is 0 Å². The maximum Gasteiger partial charge on any atom is 0.230 e. The van der Waals surface area contributed by atoms with E-state index >= 15 is 0 Å². The van der Waals surface area contributed by atoms with Gasteiger partial charge in [0.2, 0.25) is 5.91 Å². The van der Waals surface area contributed by atoms with E-state index in [-0.39, 0.29) is 18.4 Å². The Morgan fingerprint density at radius 2 is 1.93 bits per heavy atom. The summed E-state index contributed by atoms with van der Waals surface area (Å²) in [5.74, 6) is 0.821. The van der Waals surface area contributed by atoms with Gasteiger partial charge in [-0.15, -0.1) is 11.3 Å². The number of anilines is 2. The summed E-state index contributed by atoms with van der Waals surface area (Å²) < 4.78 is 0. The molecule has 1 amide bonds. The van der Waals surface area contributed by atoms with Gasteiger partial charge in [0.05, 0.1) is 18.2 Å². The summed E-state index contributed by atoms with van der Waals surface area (Å²) in [4.78, 5) is 16.3. The van der Waals surface area contributed by atoms with Crippen LogP contribution in [0.15, 0.2) is 60.0 Å². The van der Waals surface area contributed by atoms with Crippen LogP contribution in [0.3, 0.4) is 0 Å². The zero-order chi connectivity index (χ0) is 20.9. The number of hydrogen-bond acceptors (Lipinski definition) is 5. The summed E-state index contributed by atoms with van der Waals surface area (Å²) in [6, 6.07) is 18.0. The van der Waals surface area contributed by atoms with E-state index in [4.69, 9.17) is 5.73 Å². The minimum Gasteiger partial charge on any atom is -0.388 e. The molecule has 5 nitrogen and oxygen atoms in total. The molecule has 0 saturated heterocycles. The highest BCUT2D eigenvalue weighted by molar-refractivity contribution is 7.13. The van der Waals surface area contributed by atoms with Crippen molar-refractivity contribution in [2.45, 2.75) is 38.2 Å². The zero-order valence-electron chi connectivity index (χ0n) is 16.8. The van der Waals surface area contributed by atoms with Gasteiger partial charge in [-0.3, -0.25) is 4.79 Å². The van der Waals surface area contributed by atoms with Gasteiger partial charge in [-0.25, -0.2) is 4.98 Å². The first-order valence-electron chi connectivity index (χ1n) is 10.4. The number of nitrogens with two attached hydrogens (primary N) is 1. The monoisotopic (exact) mass is 421 g/mol. The van der Waals surface area contributed by atoms with Crippen molar-refractivity contribution >= 4 is 28.1 Å². The number of benzene rings is 2. The molecule has 4 N–H and O–H groups in total. The van der Waals surface area contributed by atoms with Crippen LogP contribution in [0.5, 0.6) is 0 Å². The van der Waals surface area contributed by atoms with E-state index in [1.165, 1.54) is 16.9 Å². The maximum absolute atomic E-state index is 12.2. The number of thiazole rings is 1. The van der Waals surface area contributed by atoms with E-state index in [1.807, 2.05) is 47.8 Å². The summed E-state index contributed by atoms with van der Waals surface area (Å²) >= 11 is 1.34. The number of aliphatic hydroxyl groups excluding tert-OH is 1. The lowest BCUT2D eigenvalue weighted by molar-refractivity contribution is -0.115. The smallest absolute Gasteiger partial charge is 0.230 e. The molecule has 3 aromatic rings. The highest BCUT2D eigenvalue weighted by atomic mass is 32.1. The van der Waals surface area contributed by atoms with Crippen molar-refractivity contribution in [1.82, 2.24) is 4.98 Å². The minimum absolute atomic E-state index is 0.0958. The van der Waals surface area contributed by atoms with E-state index in [0.717, 1.165) is 36.9 Å². The molecule has 1 heterocycles. The van der Waals surface area contributed by atoms with Gasteiger partial charge >= 0.3 is 0 Å². The minimum atomic E-state index is -0.373. The van der Waals surface area contributed by atoms with Crippen molar-refractivity contribution in [1.29, 1.82) is 0 Å². The van der Waals surface area contributed by atoms with Gasteiger partial charge in [-0.05, 0) is 60.8 Å². The van der Waals surface area contributed by atoms with E-state index in [9.17, 15) is 9.90 Å². The molecule has 0 radical (unpaired) electrons. The second-order valence-corrected chi connectivity index (χ2v) is 8.99. The Labute approximate surface area is 181 Å². The van der Waals surface area contributed by atoms with Gasteiger partial charge in [0.15, 0.2) is 5.13 Å². The van der Waals surface area contributed by atoms with Crippen molar-refractivity contribution in [3.63, 3.8) is 0 Å². The maximum atomic E-state index is 12.2. The molecule has 4 rings (SSSR count). The Hall–Kier alpha value is -2.70. The number of rotatable bonds is 7. The largest absolute Gasteiger partial charge is 0.388 e. The van der Waals surface area contributed by atoms with Gasteiger partial charge in [-0.1, -0.05) is 42.5 Å². The number of nitrogen functional groups attached to an aromatic ring is 1. The number of nitrogens with one attached hydrogen (secondary N) is 1. The van der Waals surface area contributed by atoms with E-state index in [2.05, 4.69) is 22.4 Å². The Kier molecular flexibility index (Phi) is 6.45.